The van der Waals surface area contributed by atoms with Crippen molar-refractivity contribution in [1.82, 2.24) is 4.90 Å². The predicted molar refractivity (Wildman–Crippen MR) is 84.1 cm³/mol. The van der Waals surface area contributed by atoms with Gasteiger partial charge in [0.1, 0.15) is 11.2 Å². The number of carbonyl (C=O) groups is 1. The molecule has 0 saturated carbocycles. The van der Waals surface area contributed by atoms with Gasteiger partial charge in [0, 0.05) is 22.9 Å². The number of hydrogen-bond acceptors (Lipinski definition) is 2. The summed E-state index contributed by atoms with van der Waals surface area (Å²) in [5.41, 5.74) is 1.37. The Labute approximate surface area is 131 Å². The molecule has 2 aromatic rings. The molecule has 0 aromatic heterocycles. The Morgan fingerprint density at radius 3 is 2.81 bits per heavy atom. The second-order valence-electron chi connectivity index (χ2n) is 4.79. The molecule has 1 heterocycles. The fourth-order valence-electron chi connectivity index (χ4n) is 2.40. The quantitative estimate of drug-likeness (QED) is 0.818. The number of amides is 1. The minimum absolute atomic E-state index is 0.0699. The number of benzene rings is 2. The van der Waals surface area contributed by atoms with E-state index in [2.05, 4.69) is 0 Å². The van der Waals surface area contributed by atoms with Gasteiger partial charge in [-0.1, -0.05) is 29.8 Å². The first-order chi connectivity index (χ1) is 10.1. The van der Waals surface area contributed by atoms with E-state index in [4.69, 9.17) is 11.6 Å². The molecule has 1 atom stereocenters. The third-order valence-electron chi connectivity index (χ3n) is 3.36. The van der Waals surface area contributed by atoms with Gasteiger partial charge in [0.05, 0.1) is 0 Å². The van der Waals surface area contributed by atoms with Crippen molar-refractivity contribution in [3.63, 3.8) is 0 Å². The average Bonchev–Trinajstić information content (AvgIpc) is 2.96. The van der Waals surface area contributed by atoms with Crippen LogP contribution in [0, 0.1) is 5.82 Å². The molecule has 5 heteroatoms. The Balaban J connectivity index is 1.89. The van der Waals surface area contributed by atoms with Crippen LogP contribution in [-0.4, -0.2) is 23.1 Å². The summed E-state index contributed by atoms with van der Waals surface area (Å²) in [6, 6.07) is 13.3. The summed E-state index contributed by atoms with van der Waals surface area (Å²) < 4.78 is 13.3. The summed E-state index contributed by atoms with van der Waals surface area (Å²) in [5, 5.41) is 0.581. The summed E-state index contributed by atoms with van der Waals surface area (Å²) in [5.74, 6) is 0.314. The second-order valence-corrected chi connectivity index (χ2v) is 6.41. The van der Waals surface area contributed by atoms with E-state index in [1.807, 2.05) is 24.3 Å². The van der Waals surface area contributed by atoms with E-state index in [0.717, 1.165) is 11.3 Å². The highest BCUT2D eigenvalue weighted by Gasteiger charge is 2.31. The molecule has 0 spiro atoms. The molecule has 1 unspecified atom stereocenters. The third-order valence-corrected chi connectivity index (χ3v) is 4.85. The lowest BCUT2D eigenvalue weighted by Gasteiger charge is -2.24. The van der Waals surface area contributed by atoms with E-state index < -0.39 is 5.82 Å². The van der Waals surface area contributed by atoms with Crippen LogP contribution in [0.4, 0.5) is 4.39 Å². The Hall–Kier alpha value is -1.52. The average molecular weight is 322 g/mol. The van der Waals surface area contributed by atoms with Crippen LogP contribution >= 0.6 is 23.4 Å². The summed E-state index contributed by atoms with van der Waals surface area (Å²) >= 11 is 7.72. The summed E-state index contributed by atoms with van der Waals surface area (Å²) in [4.78, 5) is 14.3. The smallest absolute Gasteiger partial charge is 0.255 e. The highest BCUT2D eigenvalue weighted by Crippen LogP contribution is 2.39. The molecule has 0 aliphatic carbocycles. The standard InChI is InChI=1S/C16H13ClFNOS/c17-13-5-1-4-12(9-13)16-19(7-8-21-16)15(20)11-3-2-6-14(18)10-11/h1-6,9-10,16H,7-8H2. The van der Waals surface area contributed by atoms with Gasteiger partial charge < -0.3 is 4.90 Å². The first-order valence-corrected chi connectivity index (χ1v) is 8.01. The van der Waals surface area contributed by atoms with Gasteiger partial charge in [0.25, 0.3) is 5.91 Å². The highest BCUT2D eigenvalue weighted by molar-refractivity contribution is 7.99. The molecule has 2 nitrogen and oxygen atoms in total. The van der Waals surface area contributed by atoms with Crippen LogP contribution in [0.15, 0.2) is 48.5 Å². The molecule has 108 valence electrons. The van der Waals surface area contributed by atoms with Crippen LogP contribution in [0.3, 0.4) is 0 Å². The largest absolute Gasteiger partial charge is 0.322 e. The number of halogens is 2. The molecule has 1 saturated heterocycles. The van der Waals surface area contributed by atoms with E-state index in [1.165, 1.54) is 12.1 Å². The van der Waals surface area contributed by atoms with Crippen molar-refractivity contribution in [1.29, 1.82) is 0 Å². The Morgan fingerprint density at radius 2 is 2.05 bits per heavy atom. The molecular formula is C16H13ClFNOS. The SMILES string of the molecule is O=C(c1cccc(F)c1)N1CCSC1c1cccc(Cl)c1. The van der Waals surface area contributed by atoms with E-state index in [-0.39, 0.29) is 11.3 Å². The van der Waals surface area contributed by atoms with Gasteiger partial charge in [-0.15, -0.1) is 11.8 Å². The topological polar surface area (TPSA) is 20.3 Å². The maximum atomic E-state index is 13.3. The summed E-state index contributed by atoms with van der Waals surface area (Å²) in [7, 11) is 0. The fourth-order valence-corrected chi connectivity index (χ4v) is 3.85. The molecule has 0 N–H and O–H groups in total. The van der Waals surface area contributed by atoms with Crippen molar-refractivity contribution in [3.05, 3.63) is 70.5 Å². The molecule has 1 aliphatic heterocycles. The van der Waals surface area contributed by atoms with Gasteiger partial charge >= 0.3 is 0 Å². The molecule has 1 amide bonds. The zero-order valence-electron chi connectivity index (χ0n) is 11.1. The Morgan fingerprint density at radius 1 is 1.24 bits per heavy atom. The van der Waals surface area contributed by atoms with Gasteiger partial charge in [0.15, 0.2) is 0 Å². The lowest BCUT2D eigenvalue weighted by molar-refractivity contribution is 0.0760. The maximum Gasteiger partial charge on any atom is 0.255 e. The fraction of sp³-hybridized carbons (Fsp3) is 0.188. The van der Waals surface area contributed by atoms with Gasteiger partial charge in [-0.2, -0.15) is 0 Å². The van der Waals surface area contributed by atoms with Crippen LogP contribution in [0.1, 0.15) is 21.3 Å². The number of hydrogen-bond donors (Lipinski definition) is 0. The first-order valence-electron chi connectivity index (χ1n) is 6.59. The van der Waals surface area contributed by atoms with E-state index in [0.29, 0.717) is 17.1 Å². The van der Waals surface area contributed by atoms with Crippen LogP contribution < -0.4 is 0 Å². The monoisotopic (exact) mass is 321 g/mol. The van der Waals surface area contributed by atoms with E-state index >= 15 is 0 Å². The highest BCUT2D eigenvalue weighted by atomic mass is 35.5. The number of rotatable bonds is 2. The minimum atomic E-state index is -0.396. The molecule has 0 bridgehead atoms. The Kier molecular flexibility index (Phi) is 4.17. The molecule has 0 radical (unpaired) electrons. The van der Waals surface area contributed by atoms with Crippen molar-refractivity contribution in [2.24, 2.45) is 0 Å². The van der Waals surface area contributed by atoms with Crippen molar-refractivity contribution >= 4 is 29.3 Å². The van der Waals surface area contributed by atoms with Gasteiger partial charge in [0.2, 0.25) is 0 Å². The van der Waals surface area contributed by atoms with Crippen molar-refractivity contribution in [3.8, 4) is 0 Å². The van der Waals surface area contributed by atoms with E-state index in [1.54, 1.807) is 28.8 Å². The van der Waals surface area contributed by atoms with Crippen molar-refractivity contribution < 1.29 is 9.18 Å². The lowest BCUT2D eigenvalue weighted by atomic mass is 10.1. The molecule has 2 aromatic carbocycles. The van der Waals surface area contributed by atoms with Crippen molar-refractivity contribution in [2.45, 2.75) is 5.37 Å². The Bertz CT molecular complexity index is 679. The molecular weight excluding hydrogens is 309 g/mol. The van der Waals surface area contributed by atoms with Crippen molar-refractivity contribution in [2.75, 3.05) is 12.3 Å². The first kappa shape index (κ1) is 14.4. The second kappa shape index (κ2) is 6.08. The van der Waals surface area contributed by atoms with Crippen LogP contribution in [0.2, 0.25) is 5.02 Å². The van der Waals surface area contributed by atoms with E-state index in [9.17, 15) is 9.18 Å². The maximum absolute atomic E-state index is 13.3. The number of nitrogens with zero attached hydrogens (tertiary/aromatic N) is 1. The predicted octanol–water partition coefficient (Wildman–Crippen LogP) is 4.37. The van der Waals surface area contributed by atoms with Crippen LogP contribution in [-0.2, 0) is 0 Å². The van der Waals surface area contributed by atoms with Crippen LogP contribution in [0.5, 0.6) is 0 Å². The normalized spacial score (nSPS) is 18.0. The van der Waals surface area contributed by atoms with Gasteiger partial charge in [-0.25, -0.2) is 4.39 Å². The number of thioether (sulfide) groups is 1. The summed E-state index contributed by atoms with van der Waals surface area (Å²) in [6.07, 6.45) is 0. The molecule has 1 fully saturated rings. The van der Waals surface area contributed by atoms with Gasteiger partial charge in [-0.3, -0.25) is 4.79 Å². The lowest BCUT2D eigenvalue weighted by Crippen LogP contribution is -2.30. The zero-order chi connectivity index (χ0) is 14.8. The van der Waals surface area contributed by atoms with Crippen LogP contribution in [0.25, 0.3) is 0 Å². The minimum Gasteiger partial charge on any atom is -0.322 e. The molecule has 21 heavy (non-hydrogen) atoms. The molecule has 1 aliphatic rings. The summed E-state index contributed by atoms with van der Waals surface area (Å²) in [6.45, 7) is 0.650. The van der Waals surface area contributed by atoms with Gasteiger partial charge in [-0.05, 0) is 35.9 Å². The number of carbonyl (C=O) groups excluding carboxylic acids is 1. The zero-order valence-corrected chi connectivity index (χ0v) is 12.7. The third kappa shape index (κ3) is 3.06. The molecule has 3 rings (SSSR count).